The van der Waals surface area contributed by atoms with Gasteiger partial charge in [-0.25, -0.2) is 0 Å². The van der Waals surface area contributed by atoms with Crippen LogP contribution in [-0.4, -0.2) is 49.1 Å². The standard InChI is InChI=1S/C28H26N4O5/c1-19-5-3-4-6-23(19)27(33)31-13-15-32(16-14-31)28-24(17-29)30-26(37-28)25-12-11-22(36-25)18-35-21-9-7-20(34-2)8-10-21/h3-12H,13-16,18H2,1-2H3. The lowest BCUT2D eigenvalue weighted by Crippen LogP contribution is -2.49. The predicted octanol–water partition coefficient (Wildman–Crippen LogP) is 4.66. The number of anilines is 1. The van der Waals surface area contributed by atoms with Gasteiger partial charge in [-0.3, -0.25) is 4.79 Å². The summed E-state index contributed by atoms with van der Waals surface area (Å²) >= 11 is 0. The van der Waals surface area contributed by atoms with Crippen molar-refractivity contribution in [3.8, 4) is 29.2 Å². The Kier molecular flexibility index (Phi) is 6.81. The summed E-state index contributed by atoms with van der Waals surface area (Å²) in [6.07, 6.45) is 0. The second kappa shape index (κ2) is 10.5. The number of aryl methyl sites for hydroxylation is 1. The van der Waals surface area contributed by atoms with Crippen LogP contribution in [0.25, 0.3) is 11.7 Å². The molecule has 3 heterocycles. The quantitative estimate of drug-likeness (QED) is 0.362. The van der Waals surface area contributed by atoms with Gasteiger partial charge >= 0.3 is 0 Å². The lowest BCUT2D eigenvalue weighted by atomic mass is 10.1. The summed E-state index contributed by atoms with van der Waals surface area (Å²) in [5.74, 6) is 3.05. The number of hydrogen-bond donors (Lipinski definition) is 0. The molecule has 0 atom stereocenters. The Balaban J connectivity index is 1.23. The lowest BCUT2D eigenvalue weighted by molar-refractivity contribution is 0.0744. The number of ether oxygens (including phenoxy) is 2. The van der Waals surface area contributed by atoms with Crippen molar-refractivity contribution in [3.63, 3.8) is 0 Å². The van der Waals surface area contributed by atoms with Crippen molar-refractivity contribution in [1.82, 2.24) is 9.88 Å². The van der Waals surface area contributed by atoms with Crippen LogP contribution in [0.2, 0.25) is 0 Å². The average Bonchev–Trinajstić information content (AvgIpc) is 3.59. The summed E-state index contributed by atoms with van der Waals surface area (Å²) in [5.41, 5.74) is 1.84. The fourth-order valence-corrected chi connectivity index (χ4v) is 4.20. The van der Waals surface area contributed by atoms with E-state index in [1.54, 1.807) is 19.2 Å². The zero-order chi connectivity index (χ0) is 25.8. The maximum atomic E-state index is 12.9. The molecule has 9 nitrogen and oxygen atoms in total. The molecule has 0 spiro atoms. The molecule has 4 aromatic rings. The first-order valence-corrected chi connectivity index (χ1v) is 11.9. The Morgan fingerprint density at radius 2 is 1.73 bits per heavy atom. The molecule has 0 aliphatic carbocycles. The third-order valence-electron chi connectivity index (χ3n) is 6.26. The van der Waals surface area contributed by atoms with Crippen molar-refractivity contribution in [3.05, 3.63) is 83.2 Å². The molecule has 0 radical (unpaired) electrons. The first kappa shape index (κ1) is 24.0. The third-order valence-corrected chi connectivity index (χ3v) is 6.26. The normalized spacial score (nSPS) is 13.3. The number of carbonyl (C=O) groups is 1. The Labute approximate surface area is 214 Å². The van der Waals surface area contributed by atoms with E-state index in [0.717, 1.165) is 11.3 Å². The number of carbonyl (C=O) groups excluding carboxylic acids is 1. The maximum Gasteiger partial charge on any atom is 0.266 e. The topological polar surface area (TPSA) is 105 Å². The highest BCUT2D eigenvalue weighted by molar-refractivity contribution is 5.95. The van der Waals surface area contributed by atoms with E-state index in [0.29, 0.717) is 54.9 Å². The highest BCUT2D eigenvalue weighted by Gasteiger charge is 2.28. The monoisotopic (exact) mass is 498 g/mol. The van der Waals surface area contributed by atoms with Gasteiger partial charge in [-0.1, -0.05) is 18.2 Å². The molecule has 1 aliphatic heterocycles. The summed E-state index contributed by atoms with van der Waals surface area (Å²) in [6, 6.07) is 20.5. The number of furan rings is 1. The molecule has 0 bridgehead atoms. The SMILES string of the molecule is COc1ccc(OCc2ccc(-c3nc(C#N)c(N4CCN(C(=O)c5ccccc5C)CC4)o3)o2)cc1. The summed E-state index contributed by atoms with van der Waals surface area (Å²) < 4.78 is 22.7. The molecular weight excluding hydrogens is 472 g/mol. The molecule has 1 amide bonds. The van der Waals surface area contributed by atoms with Crippen molar-refractivity contribution in [2.24, 2.45) is 0 Å². The second-order valence-electron chi connectivity index (χ2n) is 8.61. The summed E-state index contributed by atoms with van der Waals surface area (Å²) in [5, 5.41) is 9.66. The van der Waals surface area contributed by atoms with Crippen LogP contribution in [0.3, 0.4) is 0 Å². The van der Waals surface area contributed by atoms with Gasteiger partial charge in [0.15, 0.2) is 5.76 Å². The van der Waals surface area contributed by atoms with Crippen LogP contribution in [-0.2, 0) is 6.61 Å². The molecule has 0 saturated carbocycles. The van der Waals surface area contributed by atoms with Crippen molar-refractivity contribution >= 4 is 11.8 Å². The number of nitriles is 1. The molecule has 2 aromatic carbocycles. The molecular formula is C28H26N4O5. The van der Waals surface area contributed by atoms with E-state index in [1.165, 1.54) is 0 Å². The van der Waals surface area contributed by atoms with Gasteiger partial charge in [0, 0.05) is 31.7 Å². The maximum absolute atomic E-state index is 12.9. The third kappa shape index (κ3) is 5.14. The van der Waals surface area contributed by atoms with Crippen LogP contribution in [0.5, 0.6) is 11.5 Å². The minimum Gasteiger partial charge on any atom is -0.497 e. The van der Waals surface area contributed by atoms with Crippen LogP contribution < -0.4 is 14.4 Å². The number of methoxy groups -OCH3 is 1. The number of aromatic nitrogens is 1. The van der Waals surface area contributed by atoms with Crippen molar-refractivity contribution in [1.29, 1.82) is 5.26 Å². The smallest absolute Gasteiger partial charge is 0.266 e. The van der Waals surface area contributed by atoms with Gasteiger partial charge in [0.25, 0.3) is 11.8 Å². The molecule has 0 N–H and O–H groups in total. The number of nitrogens with zero attached hydrogens (tertiary/aromatic N) is 4. The molecule has 0 unspecified atom stereocenters. The zero-order valence-corrected chi connectivity index (χ0v) is 20.6. The molecule has 5 rings (SSSR count). The number of hydrogen-bond acceptors (Lipinski definition) is 8. The van der Waals surface area contributed by atoms with E-state index in [2.05, 4.69) is 11.1 Å². The fraction of sp³-hybridized carbons (Fsp3) is 0.250. The van der Waals surface area contributed by atoms with Crippen LogP contribution in [0, 0.1) is 18.3 Å². The molecule has 9 heteroatoms. The van der Waals surface area contributed by atoms with Gasteiger partial charge in [0.05, 0.1) is 7.11 Å². The molecule has 188 valence electrons. The van der Waals surface area contributed by atoms with E-state index in [1.807, 2.05) is 65.3 Å². The zero-order valence-electron chi connectivity index (χ0n) is 20.6. The first-order valence-electron chi connectivity index (χ1n) is 11.9. The minimum absolute atomic E-state index is 0.0106. The average molecular weight is 499 g/mol. The highest BCUT2D eigenvalue weighted by atomic mass is 16.5. The first-order chi connectivity index (χ1) is 18.1. The van der Waals surface area contributed by atoms with Crippen LogP contribution >= 0.6 is 0 Å². The number of piperazine rings is 1. The van der Waals surface area contributed by atoms with Crippen molar-refractivity contribution in [2.75, 3.05) is 38.2 Å². The Morgan fingerprint density at radius 3 is 2.43 bits per heavy atom. The predicted molar refractivity (Wildman–Crippen MR) is 136 cm³/mol. The van der Waals surface area contributed by atoms with Gasteiger partial charge < -0.3 is 28.1 Å². The molecule has 1 fully saturated rings. The largest absolute Gasteiger partial charge is 0.497 e. The van der Waals surface area contributed by atoms with Crippen LogP contribution in [0.15, 0.2) is 69.5 Å². The summed E-state index contributed by atoms with van der Waals surface area (Å²) in [7, 11) is 1.61. The van der Waals surface area contributed by atoms with Gasteiger partial charge in [0.2, 0.25) is 11.6 Å². The van der Waals surface area contributed by atoms with Gasteiger partial charge in [-0.2, -0.15) is 10.2 Å². The Bertz CT molecular complexity index is 1430. The van der Waals surface area contributed by atoms with E-state index >= 15 is 0 Å². The summed E-state index contributed by atoms with van der Waals surface area (Å²) in [6.45, 7) is 4.25. The number of oxazole rings is 1. The van der Waals surface area contributed by atoms with E-state index < -0.39 is 0 Å². The van der Waals surface area contributed by atoms with Crippen molar-refractivity contribution < 1.29 is 23.1 Å². The minimum atomic E-state index is 0.0106. The van der Waals surface area contributed by atoms with Gasteiger partial charge in [0.1, 0.15) is 29.9 Å². The highest BCUT2D eigenvalue weighted by Crippen LogP contribution is 2.30. The number of rotatable bonds is 7. The van der Waals surface area contributed by atoms with Gasteiger partial charge in [-0.05, 0) is 55.0 Å². The molecule has 1 saturated heterocycles. The number of benzene rings is 2. The summed E-state index contributed by atoms with van der Waals surface area (Å²) in [4.78, 5) is 21.0. The molecule has 37 heavy (non-hydrogen) atoms. The molecule has 2 aromatic heterocycles. The second-order valence-corrected chi connectivity index (χ2v) is 8.61. The van der Waals surface area contributed by atoms with E-state index in [4.69, 9.17) is 18.3 Å². The van der Waals surface area contributed by atoms with Crippen molar-refractivity contribution in [2.45, 2.75) is 13.5 Å². The Hall–Kier alpha value is -4.71. The lowest BCUT2D eigenvalue weighted by Gasteiger charge is -2.34. The van der Waals surface area contributed by atoms with Crippen LogP contribution in [0.1, 0.15) is 27.4 Å². The van der Waals surface area contributed by atoms with Gasteiger partial charge in [-0.15, -0.1) is 0 Å². The van der Waals surface area contributed by atoms with Crippen LogP contribution in [0.4, 0.5) is 5.88 Å². The Morgan fingerprint density at radius 1 is 1.00 bits per heavy atom. The molecule has 1 aliphatic rings. The van der Waals surface area contributed by atoms with E-state index in [9.17, 15) is 10.1 Å². The fourth-order valence-electron chi connectivity index (χ4n) is 4.20. The van der Waals surface area contributed by atoms with E-state index in [-0.39, 0.29) is 24.1 Å². The number of amides is 1.